The highest BCUT2D eigenvalue weighted by Crippen LogP contribution is 2.46. The molecule has 0 bridgehead atoms. The molecule has 1 aromatic rings. The van der Waals surface area contributed by atoms with Crippen LogP contribution >= 0.6 is 0 Å². The van der Waals surface area contributed by atoms with Crippen LogP contribution in [0.5, 0.6) is 0 Å². The first kappa shape index (κ1) is 18.7. The zero-order chi connectivity index (χ0) is 17.8. The molecule has 0 spiro atoms. The first-order chi connectivity index (χ1) is 10.6. The van der Waals surface area contributed by atoms with Crippen LogP contribution in [0.1, 0.15) is 32.3 Å². The van der Waals surface area contributed by atoms with Crippen molar-refractivity contribution in [3.63, 3.8) is 0 Å². The highest BCUT2D eigenvalue weighted by Gasteiger charge is 2.46. The molecule has 0 heterocycles. The summed E-state index contributed by atoms with van der Waals surface area (Å²) in [7, 11) is 0. The Kier molecular flexibility index (Phi) is 5.88. The number of nitro groups is 2. The molecule has 7 nitrogen and oxygen atoms in total. The van der Waals surface area contributed by atoms with Gasteiger partial charge >= 0.3 is 17.6 Å². The van der Waals surface area contributed by atoms with Crippen molar-refractivity contribution in [2.75, 3.05) is 18.0 Å². The van der Waals surface area contributed by atoms with Gasteiger partial charge in [0.2, 0.25) is 0 Å². The van der Waals surface area contributed by atoms with Crippen LogP contribution in [0.2, 0.25) is 0 Å². The van der Waals surface area contributed by atoms with Gasteiger partial charge in [0.05, 0.1) is 15.5 Å². The Morgan fingerprint density at radius 2 is 1.57 bits per heavy atom. The zero-order valence-corrected chi connectivity index (χ0v) is 12.6. The molecular formula is C13H16F3N3O4. The van der Waals surface area contributed by atoms with Crippen LogP contribution in [0.25, 0.3) is 0 Å². The van der Waals surface area contributed by atoms with Crippen molar-refractivity contribution in [3.8, 4) is 0 Å². The first-order valence-corrected chi connectivity index (χ1v) is 6.93. The minimum atomic E-state index is -5.08. The summed E-state index contributed by atoms with van der Waals surface area (Å²) in [6, 6.07) is 1.68. The summed E-state index contributed by atoms with van der Waals surface area (Å²) < 4.78 is 40.2. The molecule has 10 heteroatoms. The maximum Gasteiger partial charge on any atom is 0.425 e. The molecule has 0 radical (unpaired) electrons. The van der Waals surface area contributed by atoms with Gasteiger partial charge in [-0.1, -0.05) is 13.8 Å². The second-order valence-electron chi connectivity index (χ2n) is 4.83. The Morgan fingerprint density at radius 3 is 1.91 bits per heavy atom. The van der Waals surface area contributed by atoms with E-state index in [0.717, 1.165) is 12.1 Å². The van der Waals surface area contributed by atoms with Crippen LogP contribution in [0.4, 0.5) is 30.2 Å². The topological polar surface area (TPSA) is 89.5 Å². The summed E-state index contributed by atoms with van der Waals surface area (Å²) in [6.07, 6.45) is -4.02. The number of benzene rings is 1. The van der Waals surface area contributed by atoms with E-state index in [9.17, 15) is 33.4 Å². The van der Waals surface area contributed by atoms with Gasteiger partial charge in [-0.15, -0.1) is 0 Å². The standard InChI is InChI=1S/C13H16F3N3O4/c1-3-7-17(8-4-2)9-5-6-10(18(20)21)12(19(22)23)11(9)13(14,15)16/h5-6H,3-4,7-8H2,1-2H3. The van der Waals surface area contributed by atoms with Crippen LogP contribution in [0.15, 0.2) is 12.1 Å². The lowest BCUT2D eigenvalue weighted by atomic mass is 10.1. The minimum Gasteiger partial charge on any atom is -0.371 e. The molecule has 0 atom stereocenters. The quantitative estimate of drug-likeness (QED) is 0.551. The van der Waals surface area contributed by atoms with E-state index >= 15 is 0 Å². The third kappa shape index (κ3) is 4.08. The van der Waals surface area contributed by atoms with Gasteiger partial charge in [0.15, 0.2) is 5.56 Å². The van der Waals surface area contributed by atoms with Crippen LogP contribution < -0.4 is 4.90 Å². The molecule has 128 valence electrons. The Bertz CT molecular complexity index is 599. The van der Waals surface area contributed by atoms with Gasteiger partial charge in [-0.2, -0.15) is 13.2 Å². The maximum absolute atomic E-state index is 13.4. The molecule has 0 aliphatic heterocycles. The molecule has 0 fully saturated rings. The van der Waals surface area contributed by atoms with Gasteiger partial charge in [-0.25, -0.2) is 0 Å². The normalized spacial score (nSPS) is 11.3. The zero-order valence-electron chi connectivity index (χ0n) is 12.6. The van der Waals surface area contributed by atoms with Gasteiger partial charge in [0.1, 0.15) is 0 Å². The summed E-state index contributed by atoms with van der Waals surface area (Å²) in [6.45, 7) is 4.03. The number of alkyl halides is 3. The predicted octanol–water partition coefficient (Wildman–Crippen LogP) is 4.15. The van der Waals surface area contributed by atoms with Crippen molar-refractivity contribution >= 4 is 17.1 Å². The molecule has 0 unspecified atom stereocenters. The number of hydrogen-bond acceptors (Lipinski definition) is 5. The summed E-state index contributed by atoms with van der Waals surface area (Å²) in [5.41, 5.74) is -4.66. The van der Waals surface area contributed by atoms with Crippen molar-refractivity contribution in [1.82, 2.24) is 0 Å². The average Bonchev–Trinajstić information content (AvgIpc) is 2.44. The SMILES string of the molecule is CCCN(CCC)c1ccc([N+](=O)[O-])c([N+](=O)[O-])c1C(F)(F)F. The molecule has 0 N–H and O–H groups in total. The third-order valence-electron chi connectivity index (χ3n) is 3.13. The Morgan fingerprint density at radius 1 is 1.04 bits per heavy atom. The predicted molar refractivity (Wildman–Crippen MR) is 77.5 cm³/mol. The fourth-order valence-electron chi connectivity index (χ4n) is 2.34. The number of halogens is 3. The van der Waals surface area contributed by atoms with Crippen molar-refractivity contribution in [3.05, 3.63) is 37.9 Å². The number of rotatable bonds is 7. The number of nitro benzene ring substituents is 2. The van der Waals surface area contributed by atoms with E-state index in [1.807, 2.05) is 0 Å². The molecule has 0 aromatic heterocycles. The van der Waals surface area contributed by atoms with E-state index in [1.165, 1.54) is 4.90 Å². The van der Waals surface area contributed by atoms with E-state index in [1.54, 1.807) is 13.8 Å². The van der Waals surface area contributed by atoms with E-state index in [-0.39, 0.29) is 13.1 Å². The molecule has 0 aliphatic carbocycles. The van der Waals surface area contributed by atoms with Gasteiger partial charge in [-0.3, -0.25) is 20.2 Å². The number of nitrogens with zero attached hydrogens (tertiary/aromatic N) is 3. The molecule has 0 saturated carbocycles. The molecule has 1 rings (SSSR count). The van der Waals surface area contributed by atoms with Crippen molar-refractivity contribution in [1.29, 1.82) is 0 Å². The van der Waals surface area contributed by atoms with E-state index in [0.29, 0.717) is 12.8 Å². The summed E-state index contributed by atoms with van der Waals surface area (Å²) in [4.78, 5) is 20.8. The van der Waals surface area contributed by atoms with E-state index in [4.69, 9.17) is 0 Å². The second-order valence-corrected chi connectivity index (χ2v) is 4.83. The molecule has 0 amide bonds. The van der Waals surface area contributed by atoms with E-state index < -0.39 is 38.6 Å². The largest absolute Gasteiger partial charge is 0.425 e. The van der Waals surface area contributed by atoms with Gasteiger partial charge in [-0.05, 0) is 18.9 Å². The Hall–Kier alpha value is -2.39. The molecule has 0 aliphatic rings. The maximum atomic E-state index is 13.4. The molecular weight excluding hydrogens is 319 g/mol. The summed E-state index contributed by atoms with van der Waals surface area (Å²) >= 11 is 0. The lowest BCUT2D eigenvalue weighted by Crippen LogP contribution is -2.28. The Labute approximate surface area is 130 Å². The molecule has 0 saturated heterocycles. The first-order valence-electron chi connectivity index (χ1n) is 6.93. The van der Waals surface area contributed by atoms with Crippen molar-refractivity contribution in [2.24, 2.45) is 0 Å². The van der Waals surface area contributed by atoms with Crippen LogP contribution in [0.3, 0.4) is 0 Å². The van der Waals surface area contributed by atoms with Crippen LogP contribution in [-0.2, 0) is 6.18 Å². The minimum absolute atomic E-state index is 0.256. The summed E-state index contributed by atoms with van der Waals surface area (Å²) in [5.74, 6) is 0. The monoisotopic (exact) mass is 335 g/mol. The Balaban J connectivity index is 3.74. The fourth-order valence-corrected chi connectivity index (χ4v) is 2.34. The average molecular weight is 335 g/mol. The number of hydrogen-bond donors (Lipinski definition) is 0. The van der Waals surface area contributed by atoms with Crippen molar-refractivity contribution in [2.45, 2.75) is 32.9 Å². The number of anilines is 1. The molecule has 1 aromatic carbocycles. The molecule has 23 heavy (non-hydrogen) atoms. The lowest BCUT2D eigenvalue weighted by Gasteiger charge is -2.26. The highest BCUT2D eigenvalue weighted by molar-refractivity contribution is 5.71. The van der Waals surface area contributed by atoms with Crippen LogP contribution in [0, 0.1) is 20.2 Å². The third-order valence-corrected chi connectivity index (χ3v) is 3.13. The van der Waals surface area contributed by atoms with Gasteiger partial charge < -0.3 is 4.90 Å². The van der Waals surface area contributed by atoms with Gasteiger partial charge in [0, 0.05) is 19.2 Å². The summed E-state index contributed by atoms with van der Waals surface area (Å²) in [5, 5.41) is 21.9. The fraction of sp³-hybridized carbons (Fsp3) is 0.538. The van der Waals surface area contributed by atoms with Gasteiger partial charge in [0.25, 0.3) is 0 Å². The lowest BCUT2D eigenvalue weighted by molar-refractivity contribution is -0.424. The van der Waals surface area contributed by atoms with Crippen molar-refractivity contribution < 1.29 is 23.0 Å². The second kappa shape index (κ2) is 7.25. The van der Waals surface area contributed by atoms with Crippen LogP contribution in [-0.4, -0.2) is 22.9 Å². The van der Waals surface area contributed by atoms with E-state index in [2.05, 4.69) is 0 Å². The smallest absolute Gasteiger partial charge is 0.371 e. The highest BCUT2D eigenvalue weighted by atomic mass is 19.4.